The molecule has 2 aromatic rings. The van der Waals surface area contributed by atoms with E-state index in [0.717, 1.165) is 12.1 Å². The van der Waals surface area contributed by atoms with Crippen LogP contribution < -0.4 is 16.4 Å². The van der Waals surface area contributed by atoms with E-state index in [1.54, 1.807) is 12.1 Å². The van der Waals surface area contributed by atoms with E-state index in [1.807, 2.05) is 0 Å². The second-order valence-electron chi connectivity index (χ2n) is 4.06. The van der Waals surface area contributed by atoms with E-state index in [0.29, 0.717) is 26.4 Å². The molecule has 8 heteroatoms. The lowest BCUT2D eigenvalue weighted by Gasteiger charge is -2.12. The SMILES string of the molecule is Nc1cc(Br)c(NC(=O)Nc2ccc(F)cc2F)c(Br)c1. The van der Waals surface area contributed by atoms with E-state index in [9.17, 15) is 13.6 Å². The Balaban J connectivity index is 2.16. The molecule has 4 N–H and O–H groups in total. The number of anilines is 3. The molecule has 0 heterocycles. The summed E-state index contributed by atoms with van der Waals surface area (Å²) in [6.07, 6.45) is 0. The molecule has 2 amide bonds. The number of nitrogens with one attached hydrogen (secondary N) is 2. The summed E-state index contributed by atoms with van der Waals surface area (Å²) >= 11 is 6.52. The van der Waals surface area contributed by atoms with Gasteiger partial charge in [-0.2, -0.15) is 0 Å². The Morgan fingerprint density at radius 1 is 1.05 bits per heavy atom. The predicted molar refractivity (Wildman–Crippen MR) is 85.3 cm³/mol. The van der Waals surface area contributed by atoms with Crippen LogP contribution >= 0.6 is 31.9 Å². The molecular formula is C13H9Br2F2N3O. The number of carbonyl (C=O) groups is 1. The Bertz CT molecular complexity index is 687. The number of carbonyl (C=O) groups excluding carboxylic acids is 1. The van der Waals surface area contributed by atoms with Gasteiger partial charge >= 0.3 is 6.03 Å². The smallest absolute Gasteiger partial charge is 0.323 e. The highest BCUT2D eigenvalue weighted by Gasteiger charge is 2.12. The van der Waals surface area contributed by atoms with Crippen molar-refractivity contribution >= 4 is 55.0 Å². The summed E-state index contributed by atoms with van der Waals surface area (Å²) in [5, 5.41) is 4.83. The zero-order chi connectivity index (χ0) is 15.6. The quantitative estimate of drug-likeness (QED) is 0.615. The summed E-state index contributed by atoms with van der Waals surface area (Å²) in [7, 11) is 0. The normalized spacial score (nSPS) is 10.3. The van der Waals surface area contributed by atoms with Crippen LogP contribution in [0.1, 0.15) is 0 Å². The topological polar surface area (TPSA) is 67.1 Å². The molecule has 21 heavy (non-hydrogen) atoms. The predicted octanol–water partition coefficient (Wildman–Crippen LogP) is 4.72. The summed E-state index contributed by atoms with van der Waals surface area (Å²) in [6, 6.07) is 5.42. The second kappa shape index (κ2) is 6.40. The first-order valence-electron chi connectivity index (χ1n) is 5.64. The Morgan fingerprint density at radius 2 is 1.67 bits per heavy atom. The van der Waals surface area contributed by atoms with E-state index >= 15 is 0 Å². The average Bonchev–Trinajstić information content (AvgIpc) is 2.37. The maximum absolute atomic E-state index is 13.4. The number of amides is 2. The molecule has 0 aliphatic heterocycles. The molecule has 0 radical (unpaired) electrons. The molecule has 0 bridgehead atoms. The first-order chi connectivity index (χ1) is 9.86. The number of nitrogens with two attached hydrogens (primary N) is 1. The molecule has 110 valence electrons. The number of rotatable bonds is 2. The number of hydrogen-bond donors (Lipinski definition) is 3. The van der Waals surface area contributed by atoms with Gasteiger partial charge < -0.3 is 16.4 Å². The largest absolute Gasteiger partial charge is 0.399 e. The van der Waals surface area contributed by atoms with Gasteiger partial charge in [0.2, 0.25) is 0 Å². The number of urea groups is 1. The van der Waals surface area contributed by atoms with Gasteiger partial charge in [0, 0.05) is 20.7 Å². The average molecular weight is 421 g/mol. The van der Waals surface area contributed by atoms with Crippen LogP contribution in [0.15, 0.2) is 39.3 Å². The Morgan fingerprint density at radius 3 is 2.24 bits per heavy atom. The van der Waals surface area contributed by atoms with E-state index in [4.69, 9.17) is 5.73 Å². The first kappa shape index (κ1) is 15.7. The van der Waals surface area contributed by atoms with Gasteiger partial charge in [0.1, 0.15) is 11.6 Å². The highest BCUT2D eigenvalue weighted by atomic mass is 79.9. The van der Waals surface area contributed by atoms with E-state index in [-0.39, 0.29) is 5.69 Å². The van der Waals surface area contributed by atoms with Crippen LogP contribution in [0.2, 0.25) is 0 Å². The summed E-state index contributed by atoms with van der Waals surface area (Å²) in [5.41, 5.74) is 6.45. The fourth-order valence-corrected chi connectivity index (χ4v) is 2.99. The van der Waals surface area contributed by atoms with Crippen LogP contribution in [0.3, 0.4) is 0 Å². The van der Waals surface area contributed by atoms with Crippen LogP contribution in [-0.2, 0) is 0 Å². The zero-order valence-corrected chi connectivity index (χ0v) is 13.6. The Hall–Kier alpha value is -1.67. The van der Waals surface area contributed by atoms with Crippen molar-refractivity contribution in [2.24, 2.45) is 0 Å². The fourth-order valence-electron chi connectivity index (χ4n) is 1.57. The van der Waals surface area contributed by atoms with Gasteiger partial charge in [-0.25, -0.2) is 13.6 Å². The number of hydrogen-bond acceptors (Lipinski definition) is 2. The van der Waals surface area contributed by atoms with Crippen LogP contribution in [0.5, 0.6) is 0 Å². The van der Waals surface area contributed by atoms with Gasteiger partial charge in [0.25, 0.3) is 0 Å². The summed E-state index contributed by atoms with van der Waals surface area (Å²) < 4.78 is 27.3. The maximum Gasteiger partial charge on any atom is 0.323 e. The van der Waals surface area contributed by atoms with E-state index in [1.165, 1.54) is 0 Å². The van der Waals surface area contributed by atoms with Crippen molar-refractivity contribution in [3.05, 3.63) is 50.9 Å². The molecule has 0 fully saturated rings. The molecule has 2 aromatic carbocycles. The lowest BCUT2D eigenvalue weighted by Crippen LogP contribution is -2.20. The second-order valence-corrected chi connectivity index (χ2v) is 5.77. The molecule has 0 unspecified atom stereocenters. The van der Waals surface area contributed by atoms with Gasteiger partial charge in [-0.3, -0.25) is 0 Å². The maximum atomic E-state index is 13.4. The first-order valence-corrected chi connectivity index (χ1v) is 7.23. The van der Waals surface area contributed by atoms with Crippen molar-refractivity contribution in [1.82, 2.24) is 0 Å². The lowest BCUT2D eigenvalue weighted by atomic mass is 10.3. The van der Waals surface area contributed by atoms with Gasteiger partial charge in [0.05, 0.1) is 11.4 Å². The third-order valence-electron chi connectivity index (χ3n) is 2.48. The van der Waals surface area contributed by atoms with Crippen molar-refractivity contribution in [1.29, 1.82) is 0 Å². The van der Waals surface area contributed by atoms with Crippen molar-refractivity contribution in [3.8, 4) is 0 Å². The Kier molecular flexibility index (Phi) is 4.79. The molecular weight excluding hydrogens is 412 g/mol. The molecule has 0 atom stereocenters. The van der Waals surface area contributed by atoms with Crippen LogP contribution in [0.25, 0.3) is 0 Å². The van der Waals surface area contributed by atoms with Gasteiger partial charge in [0.15, 0.2) is 0 Å². The van der Waals surface area contributed by atoms with Crippen LogP contribution in [0.4, 0.5) is 30.6 Å². The minimum absolute atomic E-state index is 0.128. The molecule has 0 spiro atoms. The van der Waals surface area contributed by atoms with Crippen molar-refractivity contribution in [2.75, 3.05) is 16.4 Å². The molecule has 0 aliphatic rings. The molecule has 0 saturated carbocycles. The molecule has 0 saturated heterocycles. The van der Waals surface area contributed by atoms with Crippen LogP contribution in [-0.4, -0.2) is 6.03 Å². The molecule has 2 rings (SSSR count). The van der Waals surface area contributed by atoms with Gasteiger partial charge in [-0.05, 0) is 56.1 Å². The zero-order valence-electron chi connectivity index (χ0n) is 10.4. The van der Waals surface area contributed by atoms with E-state index < -0.39 is 17.7 Å². The van der Waals surface area contributed by atoms with Crippen molar-refractivity contribution < 1.29 is 13.6 Å². The minimum Gasteiger partial charge on any atom is -0.399 e. The summed E-state index contributed by atoms with van der Waals surface area (Å²) in [4.78, 5) is 11.9. The standard InChI is InChI=1S/C13H9Br2F2N3O/c14-8-4-7(18)5-9(15)12(8)20-13(21)19-11-2-1-6(16)3-10(11)17/h1-5H,18H2,(H2,19,20,21). The molecule has 4 nitrogen and oxygen atoms in total. The third kappa shape index (κ3) is 3.92. The van der Waals surface area contributed by atoms with Gasteiger partial charge in [-0.1, -0.05) is 0 Å². The minimum atomic E-state index is -0.861. The van der Waals surface area contributed by atoms with Crippen LogP contribution in [0, 0.1) is 11.6 Å². The summed E-state index contributed by atoms with van der Waals surface area (Å²) in [5.74, 6) is -1.58. The summed E-state index contributed by atoms with van der Waals surface area (Å²) in [6.45, 7) is 0. The highest BCUT2D eigenvalue weighted by molar-refractivity contribution is 9.11. The fraction of sp³-hybridized carbons (Fsp3) is 0. The number of halogens is 4. The number of benzene rings is 2. The van der Waals surface area contributed by atoms with Crippen molar-refractivity contribution in [2.45, 2.75) is 0 Å². The highest BCUT2D eigenvalue weighted by Crippen LogP contribution is 2.33. The van der Waals surface area contributed by atoms with Crippen molar-refractivity contribution in [3.63, 3.8) is 0 Å². The lowest BCUT2D eigenvalue weighted by molar-refractivity contribution is 0.262. The molecule has 0 aromatic heterocycles. The molecule has 0 aliphatic carbocycles. The van der Waals surface area contributed by atoms with E-state index in [2.05, 4.69) is 42.5 Å². The number of nitrogen functional groups attached to an aromatic ring is 1. The monoisotopic (exact) mass is 419 g/mol. The third-order valence-corrected chi connectivity index (χ3v) is 3.73. The Labute approximate surface area is 136 Å². The van der Waals surface area contributed by atoms with Gasteiger partial charge in [-0.15, -0.1) is 0 Å².